The van der Waals surface area contributed by atoms with Crippen LogP contribution >= 0.6 is 0 Å². The smallest absolute Gasteiger partial charge is 0.214 e. The van der Waals surface area contributed by atoms with Crippen molar-refractivity contribution in [2.24, 2.45) is 0 Å². The summed E-state index contributed by atoms with van der Waals surface area (Å²) in [7, 11) is -6.30. The molecule has 0 saturated carbocycles. The highest BCUT2D eigenvalue weighted by Crippen LogP contribution is 2.18. The summed E-state index contributed by atoms with van der Waals surface area (Å²) in [6.07, 6.45) is 1.19. The molecule has 1 N–H and O–H groups in total. The third-order valence-electron chi connectivity index (χ3n) is 2.49. The van der Waals surface area contributed by atoms with Gasteiger partial charge in [0.1, 0.15) is 9.84 Å². The van der Waals surface area contributed by atoms with Crippen LogP contribution in [0.4, 0.5) is 0 Å². The Morgan fingerprint density at radius 2 is 1.80 bits per heavy atom. The predicted octanol–water partition coefficient (Wildman–Crippen LogP) is -0.107. The standard InChI is InChI=1S/C8H17NO4S2/c1-2-5-9-15(12,13)8-3-6-14(10,11)7-4-8/h8-9H,2-7H2,1H3. The van der Waals surface area contributed by atoms with Gasteiger partial charge in [-0.05, 0) is 19.3 Å². The lowest BCUT2D eigenvalue weighted by atomic mass is 10.2. The fraction of sp³-hybridized carbons (Fsp3) is 1.00. The quantitative estimate of drug-likeness (QED) is 0.760. The number of hydrogen-bond donors (Lipinski definition) is 1. The molecule has 0 aliphatic carbocycles. The molecule has 1 rings (SSSR count). The molecular formula is C8H17NO4S2. The van der Waals surface area contributed by atoms with Crippen molar-refractivity contribution in [2.45, 2.75) is 31.4 Å². The third-order valence-corrected chi connectivity index (χ3v) is 6.16. The van der Waals surface area contributed by atoms with Gasteiger partial charge in [0.25, 0.3) is 0 Å². The first kappa shape index (κ1) is 12.9. The summed E-state index contributed by atoms with van der Waals surface area (Å²) in [4.78, 5) is 0. The predicted molar refractivity (Wildman–Crippen MR) is 58.9 cm³/mol. The van der Waals surface area contributed by atoms with E-state index < -0.39 is 25.1 Å². The average molecular weight is 255 g/mol. The number of nitrogens with one attached hydrogen (secondary N) is 1. The molecule has 1 fully saturated rings. The van der Waals surface area contributed by atoms with Gasteiger partial charge in [-0.1, -0.05) is 6.92 Å². The van der Waals surface area contributed by atoms with Crippen LogP contribution < -0.4 is 4.72 Å². The van der Waals surface area contributed by atoms with Gasteiger partial charge < -0.3 is 0 Å². The van der Waals surface area contributed by atoms with E-state index in [2.05, 4.69) is 4.72 Å². The van der Waals surface area contributed by atoms with Gasteiger partial charge in [-0.2, -0.15) is 0 Å². The van der Waals surface area contributed by atoms with E-state index in [1.807, 2.05) is 6.92 Å². The van der Waals surface area contributed by atoms with Crippen molar-refractivity contribution in [1.29, 1.82) is 0 Å². The van der Waals surface area contributed by atoms with E-state index in [1.54, 1.807) is 0 Å². The van der Waals surface area contributed by atoms with Crippen molar-refractivity contribution in [3.63, 3.8) is 0 Å². The molecule has 0 radical (unpaired) electrons. The summed E-state index contributed by atoms with van der Waals surface area (Å²) in [6.45, 7) is 2.30. The number of sulfonamides is 1. The molecule has 7 heteroatoms. The molecule has 1 aliphatic rings. The zero-order valence-corrected chi connectivity index (χ0v) is 10.4. The van der Waals surface area contributed by atoms with Gasteiger partial charge in [0, 0.05) is 6.54 Å². The van der Waals surface area contributed by atoms with Crippen LogP contribution in [0.3, 0.4) is 0 Å². The lowest BCUT2D eigenvalue weighted by Crippen LogP contribution is -2.40. The summed E-state index contributed by atoms with van der Waals surface area (Å²) in [5, 5.41) is -0.535. The molecule has 0 unspecified atom stereocenters. The Bertz CT molecular complexity index is 384. The van der Waals surface area contributed by atoms with E-state index in [-0.39, 0.29) is 24.3 Å². The molecule has 0 bridgehead atoms. The van der Waals surface area contributed by atoms with Crippen molar-refractivity contribution < 1.29 is 16.8 Å². The minimum Gasteiger partial charge on any atom is -0.229 e. The maximum absolute atomic E-state index is 11.6. The normalized spacial score (nSPS) is 22.7. The topological polar surface area (TPSA) is 80.3 Å². The van der Waals surface area contributed by atoms with Crippen LogP contribution in [0.5, 0.6) is 0 Å². The second-order valence-electron chi connectivity index (χ2n) is 3.79. The second-order valence-corrected chi connectivity index (χ2v) is 8.14. The molecular weight excluding hydrogens is 238 g/mol. The van der Waals surface area contributed by atoms with Gasteiger partial charge in [-0.25, -0.2) is 21.6 Å². The Balaban J connectivity index is 2.60. The zero-order valence-electron chi connectivity index (χ0n) is 8.77. The fourth-order valence-corrected chi connectivity index (χ4v) is 4.91. The largest absolute Gasteiger partial charge is 0.229 e. The molecule has 0 aromatic heterocycles. The SMILES string of the molecule is CCCNS(=O)(=O)C1CCS(=O)(=O)CC1. The third kappa shape index (κ3) is 3.73. The van der Waals surface area contributed by atoms with Crippen LogP contribution in [0, 0.1) is 0 Å². The number of sulfone groups is 1. The summed E-state index contributed by atoms with van der Waals surface area (Å²) >= 11 is 0. The molecule has 1 aliphatic heterocycles. The minimum atomic E-state index is -3.31. The van der Waals surface area contributed by atoms with Gasteiger partial charge >= 0.3 is 0 Å². The highest BCUT2D eigenvalue weighted by molar-refractivity contribution is 7.92. The molecule has 0 spiro atoms. The molecule has 0 amide bonds. The summed E-state index contributed by atoms with van der Waals surface area (Å²) in [6, 6.07) is 0. The van der Waals surface area contributed by atoms with Gasteiger partial charge in [0.15, 0.2) is 0 Å². The first-order valence-corrected chi connectivity index (χ1v) is 8.43. The Morgan fingerprint density at radius 1 is 1.27 bits per heavy atom. The van der Waals surface area contributed by atoms with Crippen LogP contribution in [0.25, 0.3) is 0 Å². The van der Waals surface area contributed by atoms with Gasteiger partial charge in [-0.3, -0.25) is 0 Å². The molecule has 1 heterocycles. The molecule has 90 valence electrons. The summed E-state index contributed by atoms with van der Waals surface area (Å²) < 4.78 is 48.0. The Kier molecular flexibility index (Phi) is 4.13. The summed E-state index contributed by atoms with van der Waals surface area (Å²) in [5.74, 6) is -0.0184. The Hall–Kier alpha value is -0.140. The lowest BCUT2D eigenvalue weighted by Gasteiger charge is -2.22. The maximum Gasteiger partial charge on any atom is 0.214 e. The van der Waals surface area contributed by atoms with Crippen LogP contribution in [-0.2, 0) is 19.9 Å². The van der Waals surface area contributed by atoms with Crippen LogP contribution in [-0.4, -0.2) is 40.1 Å². The fourth-order valence-electron chi connectivity index (χ4n) is 1.54. The second kappa shape index (κ2) is 4.80. The first-order chi connectivity index (χ1) is 6.87. The van der Waals surface area contributed by atoms with Crippen LogP contribution in [0.2, 0.25) is 0 Å². The monoisotopic (exact) mass is 255 g/mol. The van der Waals surface area contributed by atoms with Gasteiger partial charge in [0.2, 0.25) is 10.0 Å². The molecule has 0 aromatic rings. The van der Waals surface area contributed by atoms with E-state index in [0.717, 1.165) is 6.42 Å². The van der Waals surface area contributed by atoms with Crippen molar-refractivity contribution in [3.8, 4) is 0 Å². The van der Waals surface area contributed by atoms with Crippen molar-refractivity contribution in [1.82, 2.24) is 4.72 Å². The van der Waals surface area contributed by atoms with E-state index >= 15 is 0 Å². The first-order valence-electron chi connectivity index (χ1n) is 5.06. The highest BCUT2D eigenvalue weighted by Gasteiger charge is 2.32. The van der Waals surface area contributed by atoms with E-state index in [9.17, 15) is 16.8 Å². The number of rotatable bonds is 4. The van der Waals surface area contributed by atoms with E-state index in [0.29, 0.717) is 6.54 Å². The van der Waals surface area contributed by atoms with Crippen molar-refractivity contribution in [3.05, 3.63) is 0 Å². The zero-order chi connectivity index (χ0) is 11.5. The Labute approximate surface area is 91.2 Å². The lowest BCUT2D eigenvalue weighted by molar-refractivity contribution is 0.542. The van der Waals surface area contributed by atoms with Gasteiger partial charge in [-0.15, -0.1) is 0 Å². The summed E-state index contributed by atoms with van der Waals surface area (Å²) in [5.41, 5.74) is 0. The van der Waals surface area contributed by atoms with Crippen LogP contribution in [0.15, 0.2) is 0 Å². The highest BCUT2D eigenvalue weighted by atomic mass is 32.2. The maximum atomic E-state index is 11.6. The minimum absolute atomic E-state index is 0.00922. The number of hydrogen-bond acceptors (Lipinski definition) is 4. The van der Waals surface area contributed by atoms with Gasteiger partial charge in [0.05, 0.1) is 16.8 Å². The molecule has 1 saturated heterocycles. The van der Waals surface area contributed by atoms with E-state index in [4.69, 9.17) is 0 Å². The average Bonchev–Trinajstić information content (AvgIpc) is 2.14. The van der Waals surface area contributed by atoms with Crippen LogP contribution in [0.1, 0.15) is 26.2 Å². The van der Waals surface area contributed by atoms with Crippen molar-refractivity contribution >= 4 is 19.9 Å². The molecule has 0 atom stereocenters. The molecule has 0 aromatic carbocycles. The molecule has 15 heavy (non-hydrogen) atoms. The molecule has 5 nitrogen and oxygen atoms in total. The van der Waals surface area contributed by atoms with Crippen molar-refractivity contribution in [2.75, 3.05) is 18.1 Å². The Morgan fingerprint density at radius 3 is 2.27 bits per heavy atom. The van der Waals surface area contributed by atoms with E-state index in [1.165, 1.54) is 0 Å².